The zero-order valence-electron chi connectivity index (χ0n) is 11.4. The summed E-state index contributed by atoms with van der Waals surface area (Å²) < 4.78 is 11.6. The number of halogens is 1. The van der Waals surface area contributed by atoms with Gasteiger partial charge in [-0.15, -0.1) is 0 Å². The molecule has 1 heterocycles. The van der Waals surface area contributed by atoms with Gasteiger partial charge in [-0.3, -0.25) is 4.79 Å². The molecule has 1 aromatic carbocycles. The van der Waals surface area contributed by atoms with Crippen LogP contribution in [0.5, 0.6) is 5.75 Å². The molecule has 1 aliphatic rings. The average molecular weight is 360 g/mol. The van der Waals surface area contributed by atoms with Gasteiger partial charge in [0.15, 0.2) is 0 Å². The van der Waals surface area contributed by atoms with E-state index in [9.17, 15) is 4.79 Å². The zero-order chi connectivity index (χ0) is 14.5. The number of carbonyl (C=O) groups excluding carboxylic acids is 1. The summed E-state index contributed by atoms with van der Waals surface area (Å²) in [5.41, 5.74) is 8.16. The second-order valence-corrected chi connectivity index (χ2v) is 6.47. The van der Waals surface area contributed by atoms with E-state index in [0.29, 0.717) is 12.4 Å². The Morgan fingerprint density at radius 3 is 3.15 bits per heavy atom. The molecular weight excluding hydrogens is 342 g/mol. The normalized spacial score (nSPS) is 14.6. The Hall–Kier alpha value is -0.720. The number of hydrogen-bond donors (Lipinski definition) is 1. The maximum absolute atomic E-state index is 11.4. The zero-order valence-corrected chi connectivity index (χ0v) is 13.8. The van der Waals surface area contributed by atoms with Crippen LogP contribution < -0.4 is 10.5 Å². The van der Waals surface area contributed by atoms with Gasteiger partial charge in [0, 0.05) is 28.0 Å². The van der Waals surface area contributed by atoms with Crippen LogP contribution in [0.25, 0.3) is 0 Å². The van der Waals surface area contributed by atoms with Crippen molar-refractivity contribution in [1.29, 1.82) is 0 Å². The fourth-order valence-electron chi connectivity index (χ4n) is 2.07. The van der Waals surface area contributed by atoms with E-state index in [1.807, 2.05) is 0 Å². The van der Waals surface area contributed by atoms with Crippen LogP contribution in [0.3, 0.4) is 0 Å². The first-order valence-corrected chi connectivity index (χ1v) is 8.50. The van der Waals surface area contributed by atoms with Crippen LogP contribution in [0.15, 0.2) is 16.6 Å². The van der Waals surface area contributed by atoms with Crippen LogP contribution in [0.2, 0.25) is 0 Å². The third-order valence-corrected chi connectivity index (χ3v) is 4.54. The lowest BCUT2D eigenvalue weighted by Crippen LogP contribution is -2.34. The summed E-state index contributed by atoms with van der Waals surface area (Å²) in [4.78, 5) is 11.4. The monoisotopic (exact) mass is 359 g/mol. The van der Waals surface area contributed by atoms with Crippen molar-refractivity contribution in [3.8, 4) is 5.75 Å². The predicted molar refractivity (Wildman–Crippen MR) is 84.1 cm³/mol. The molecule has 1 unspecified atom stereocenters. The van der Waals surface area contributed by atoms with Gasteiger partial charge in [-0.25, -0.2) is 0 Å². The molecule has 1 aliphatic heterocycles. The van der Waals surface area contributed by atoms with Crippen LogP contribution in [0.4, 0.5) is 0 Å². The topological polar surface area (TPSA) is 61.5 Å². The molecule has 0 aromatic heterocycles. The highest BCUT2D eigenvalue weighted by molar-refractivity contribution is 9.10. The van der Waals surface area contributed by atoms with Gasteiger partial charge in [0.1, 0.15) is 11.8 Å². The molecule has 2 N–H and O–H groups in total. The standard InChI is InChI=1S/C14H18BrNO3S/c1-2-18-14(17)12(16)8-20-7-10-6-11(15)5-9-3-4-19-13(9)10/h5-6,12H,2-4,7-8,16H2,1H3. The van der Waals surface area contributed by atoms with Gasteiger partial charge < -0.3 is 15.2 Å². The molecule has 1 atom stereocenters. The van der Waals surface area contributed by atoms with E-state index < -0.39 is 6.04 Å². The summed E-state index contributed by atoms with van der Waals surface area (Å²) in [6.45, 7) is 2.88. The molecule has 1 aromatic rings. The second-order valence-electron chi connectivity index (χ2n) is 4.53. The number of ether oxygens (including phenoxy) is 2. The molecule has 0 spiro atoms. The van der Waals surface area contributed by atoms with E-state index in [2.05, 4.69) is 28.1 Å². The third kappa shape index (κ3) is 3.90. The SMILES string of the molecule is CCOC(=O)C(N)CSCc1cc(Br)cc2c1OCC2. The van der Waals surface area contributed by atoms with Gasteiger partial charge >= 0.3 is 5.97 Å². The Kier molecular flexibility index (Phi) is 5.74. The minimum absolute atomic E-state index is 0.337. The highest BCUT2D eigenvalue weighted by Gasteiger charge is 2.19. The maximum Gasteiger partial charge on any atom is 0.323 e. The summed E-state index contributed by atoms with van der Waals surface area (Å²) in [7, 11) is 0. The van der Waals surface area contributed by atoms with Crippen LogP contribution in [0, 0.1) is 0 Å². The van der Waals surface area contributed by atoms with Crippen molar-refractivity contribution >= 4 is 33.7 Å². The first kappa shape index (κ1) is 15.7. The van der Waals surface area contributed by atoms with E-state index in [1.54, 1.807) is 18.7 Å². The van der Waals surface area contributed by atoms with Crippen molar-refractivity contribution in [1.82, 2.24) is 0 Å². The molecule has 0 bridgehead atoms. The minimum Gasteiger partial charge on any atom is -0.493 e. The molecule has 6 heteroatoms. The molecule has 110 valence electrons. The van der Waals surface area contributed by atoms with E-state index in [-0.39, 0.29) is 5.97 Å². The lowest BCUT2D eigenvalue weighted by Gasteiger charge is -2.12. The number of benzene rings is 1. The van der Waals surface area contributed by atoms with Gasteiger partial charge in [-0.05, 0) is 24.6 Å². The smallest absolute Gasteiger partial charge is 0.323 e. The summed E-state index contributed by atoms with van der Waals surface area (Å²) in [5, 5.41) is 0. The van der Waals surface area contributed by atoms with Crippen LogP contribution in [0.1, 0.15) is 18.1 Å². The number of rotatable bonds is 6. The number of thioether (sulfide) groups is 1. The highest BCUT2D eigenvalue weighted by Crippen LogP contribution is 2.35. The molecular formula is C14H18BrNO3S. The summed E-state index contributed by atoms with van der Waals surface area (Å²) in [5.74, 6) is 1.97. The van der Waals surface area contributed by atoms with E-state index in [4.69, 9.17) is 15.2 Å². The average Bonchev–Trinajstić information content (AvgIpc) is 2.86. The van der Waals surface area contributed by atoms with Crippen molar-refractivity contribution in [2.75, 3.05) is 19.0 Å². The maximum atomic E-state index is 11.4. The second kappa shape index (κ2) is 7.33. The van der Waals surface area contributed by atoms with Crippen LogP contribution in [-0.4, -0.2) is 31.0 Å². The molecule has 0 aliphatic carbocycles. The van der Waals surface area contributed by atoms with Crippen molar-refractivity contribution < 1.29 is 14.3 Å². The number of carbonyl (C=O) groups is 1. The van der Waals surface area contributed by atoms with Gasteiger partial charge in [-0.1, -0.05) is 15.9 Å². The number of hydrogen-bond acceptors (Lipinski definition) is 5. The fraction of sp³-hybridized carbons (Fsp3) is 0.500. The summed E-state index contributed by atoms with van der Waals surface area (Å²) in [6.07, 6.45) is 0.953. The Balaban J connectivity index is 1.90. The van der Waals surface area contributed by atoms with Gasteiger partial charge in [-0.2, -0.15) is 11.8 Å². The summed E-state index contributed by atoms with van der Waals surface area (Å²) in [6, 6.07) is 3.59. The van der Waals surface area contributed by atoms with Crippen molar-refractivity contribution in [2.24, 2.45) is 5.73 Å². The van der Waals surface area contributed by atoms with E-state index in [1.165, 1.54) is 5.56 Å². The molecule has 0 saturated carbocycles. The largest absolute Gasteiger partial charge is 0.493 e. The van der Waals surface area contributed by atoms with Crippen molar-refractivity contribution in [3.05, 3.63) is 27.7 Å². The molecule has 2 rings (SSSR count). The molecule has 0 saturated heterocycles. The quantitative estimate of drug-likeness (QED) is 0.790. The molecule has 20 heavy (non-hydrogen) atoms. The fourth-order valence-corrected chi connectivity index (χ4v) is 3.56. The number of esters is 1. The minimum atomic E-state index is -0.568. The molecule has 4 nitrogen and oxygen atoms in total. The van der Waals surface area contributed by atoms with E-state index >= 15 is 0 Å². The first-order chi connectivity index (χ1) is 9.61. The lowest BCUT2D eigenvalue weighted by atomic mass is 10.1. The summed E-state index contributed by atoms with van der Waals surface area (Å²) >= 11 is 5.13. The van der Waals surface area contributed by atoms with Crippen molar-refractivity contribution in [3.63, 3.8) is 0 Å². The van der Waals surface area contributed by atoms with E-state index in [0.717, 1.165) is 34.6 Å². The molecule has 0 amide bonds. The number of nitrogens with two attached hydrogens (primary N) is 1. The third-order valence-electron chi connectivity index (χ3n) is 2.97. The van der Waals surface area contributed by atoms with Crippen LogP contribution in [-0.2, 0) is 21.7 Å². The van der Waals surface area contributed by atoms with Crippen LogP contribution >= 0.6 is 27.7 Å². The van der Waals surface area contributed by atoms with Crippen molar-refractivity contribution in [2.45, 2.75) is 25.1 Å². The van der Waals surface area contributed by atoms with Gasteiger partial charge in [0.25, 0.3) is 0 Å². The number of fused-ring (bicyclic) bond motifs is 1. The van der Waals surface area contributed by atoms with Gasteiger partial charge in [0.2, 0.25) is 0 Å². The lowest BCUT2D eigenvalue weighted by molar-refractivity contribution is -0.144. The predicted octanol–water partition coefficient (Wildman–Crippen LogP) is 2.51. The van der Waals surface area contributed by atoms with Gasteiger partial charge in [0.05, 0.1) is 13.2 Å². The molecule has 0 radical (unpaired) electrons. The highest BCUT2D eigenvalue weighted by atomic mass is 79.9. The first-order valence-electron chi connectivity index (χ1n) is 6.56. The molecule has 0 fully saturated rings. The Bertz CT molecular complexity index is 496. The Labute approximate surface area is 131 Å². The Morgan fingerprint density at radius 1 is 1.60 bits per heavy atom. The Morgan fingerprint density at radius 2 is 2.40 bits per heavy atom.